The number of hydrogen-bond acceptors (Lipinski definition) is 3. The molecule has 22 heavy (non-hydrogen) atoms. The van der Waals surface area contributed by atoms with Crippen LogP contribution in [0.15, 0.2) is 48.8 Å². The number of benzene rings is 1. The van der Waals surface area contributed by atoms with E-state index in [1.165, 1.54) is 16.7 Å². The minimum Gasteiger partial charge on any atom is -0.359 e. The van der Waals surface area contributed by atoms with E-state index >= 15 is 0 Å². The lowest BCUT2D eigenvalue weighted by Crippen LogP contribution is -2.37. The van der Waals surface area contributed by atoms with Crippen LogP contribution in [0.5, 0.6) is 0 Å². The monoisotopic (exact) mass is 316 g/mol. The number of aromatic nitrogens is 1. The van der Waals surface area contributed by atoms with E-state index in [0.717, 1.165) is 13.0 Å². The van der Waals surface area contributed by atoms with Gasteiger partial charge in [0.25, 0.3) is 0 Å². The summed E-state index contributed by atoms with van der Waals surface area (Å²) in [5.74, 6) is 0.971. The molecule has 2 unspecified atom stereocenters. The molecule has 0 saturated heterocycles. The fourth-order valence-corrected chi connectivity index (χ4v) is 3.22. The molecule has 2 aromatic rings. The van der Waals surface area contributed by atoms with Gasteiger partial charge >= 0.3 is 0 Å². The Hall–Kier alpha value is -1.42. The molecule has 1 aliphatic rings. The molecule has 0 saturated carbocycles. The summed E-state index contributed by atoms with van der Waals surface area (Å²) in [6, 6.07) is 12.7. The van der Waals surface area contributed by atoms with E-state index in [4.69, 9.17) is 16.3 Å². The maximum absolute atomic E-state index is 6.07. The van der Waals surface area contributed by atoms with Crippen LogP contribution < -0.4 is 0 Å². The van der Waals surface area contributed by atoms with Crippen molar-refractivity contribution in [2.24, 2.45) is 0 Å². The van der Waals surface area contributed by atoms with Gasteiger partial charge in [0.05, 0.1) is 6.61 Å². The molecular weight excluding hydrogens is 296 g/mol. The molecule has 0 bridgehead atoms. The van der Waals surface area contributed by atoms with Crippen LogP contribution in [0.4, 0.5) is 0 Å². The van der Waals surface area contributed by atoms with E-state index in [9.17, 15) is 0 Å². The maximum atomic E-state index is 6.07. The van der Waals surface area contributed by atoms with Crippen LogP contribution in [-0.2, 0) is 4.74 Å². The largest absolute Gasteiger partial charge is 0.359 e. The third kappa shape index (κ3) is 3.17. The van der Waals surface area contributed by atoms with Gasteiger partial charge in [0, 0.05) is 30.7 Å². The van der Waals surface area contributed by atoms with Gasteiger partial charge in [-0.15, -0.1) is 11.6 Å². The van der Waals surface area contributed by atoms with E-state index in [2.05, 4.69) is 47.3 Å². The highest BCUT2D eigenvalue weighted by Gasteiger charge is 2.32. The number of ether oxygens (including phenoxy) is 1. The van der Waals surface area contributed by atoms with Gasteiger partial charge in [-0.2, -0.15) is 0 Å². The molecular formula is C18H21ClN2O. The molecule has 0 aliphatic carbocycles. The molecule has 0 radical (unpaired) electrons. The zero-order chi connectivity index (χ0) is 15.4. The van der Waals surface area contributed by atoms with Gasteiger partial charge in [0.15, 0.2) is 0 Å². The molecule has 3 rings (SSSR count). The highest BCUT2D eigenvalue weighted by Crippen LogP contribution is 2.38. The number of alkyl halides is 1. The van der Waals surface area contributed by atoms with Gasteiger partial charge in [-0.1, -0.05) is 30.3 Å². The van der Waals surface area contributed by atoms with Gasteiger partial charge < -0.3 is 4.74 Å². The third-order valence-corrected chi connectivity index (χ3v) is 4.42. The number of halogens is 1. The van der Waals surface area contributed by atoms with E-state index < -0.39 is 0 Å². The zero-order valence-electron chi connectivity index (χ0n) is 12.8. The number of likely N-dealkylation sites (N-methyl/N-ethyl adjacent to an activating group) is 1. The van der Waals surface area contributed by atoms with Crippen molar-refractivity contribution in [2.75, 3.05) is 26.1 Å². The molecule has 1 aliphatic heterocycles. The number of nitrogens with zero attached hydrogens (tertiary/aromatic N) is 2. The Morgan fingerprint density at radius 3 is 2.77 bits per heavy atom. The van der Waals surface area contributed by atoms with Gasteiger partial charge in [0.2, 0.25) is 0 Å². The molecule has 2 heterocycles. The van der Waals surface area contributed by atoms with Crippen LogP contribution in [0.3, 0.4) is 0 Å². The molecule has 0 amide bonds. The average Bonchev–Trinajstić information content (AvgIpc) is 2.57. The minimum atomic E-state index is 0.00679. The van der Waals surface area contributed by atoms with Crippen LogP contribution in [0.2, 0.25) is 0 Å². The fourth-order valence-electron chi connectivity index (χ4n) is 3.11. The topological polar surface area (TPSA) is 25.4 Å². The first-order chi connectivity index (χ1) is 10.8. The van der Waals surface area contributed by atoms with Crippen molar-refractivity contribution in [3.8, 4) is 0 Å². The predicted octanol–water partition coefficient (Wildman–Crippen LogP) is 3.80. The fraction of sp³-hybridized carbons (Fsp3) is 0.389. The zero-order valence-corrected chi connectivity index (χ0v) is 13.5. The van der Waals surface area contributed by atoms with E-state index in [1.807, 2.05) is 18.5 Å². The second kappa shape index (κ2) is 7.23. The summed E-state index contributed by atoms with van der Waals surface area (Å²) in [6.45, 7) is 1.61. The van der Waals surface area contributed by atoms with Crippen molar-refractivity contribution in [1.82, 2.24) is 9.88 Å². The lowest BCUT2D eigenvalue weighted by molar-refractivity contribution is -0.0581. The standard InChI is InChI=1S/C18H21ClN2O/c1-21-13-17(14-6-4-10-20-12-14)15-7-2-3-8-16(15)18(21)22-11-5-9-19/h2-4,6-8,10,12,17-18H,5,9,11,13H2,1H3. The van der Waals surface area contributed by atoms with Gasteiger partial charge in [-0.25, -0.2) is 0 Å². The summed E-state index contributed by atoms with van der Waals surface area (Å²) in [5, 5.41) is 0. The van der Waals surface area contributed by atoms with Crippen LogP contribution in [-0.4, -0.2) is 36.0 Å². The Labute approximate surface area is 136 Å². The van der Waals surface area contributed by atoms with E-state index in [1.54, 1.807) is 0 Å². The van der Waals surface area contributed by atoms with Crippen LogP contribution in [0.25, 0.3) is 0 Å². The van der Waals surface area contributed by atoms with Gasteiger partial charge in [-0.3, -0.25) is 9.88 Å². The van der Waals surface area contributed by atoms with Crippen molar-refractivity contribution in [3.63, 3.8) is 0 Å². The highest BCUT2D eigenvalue weighted by molar-refractivity contribution is 6.17. The summed E-state index contributed by atoms with van der Waals surface area (Å²) in [5.41, 5.74) is 3.84. The lowest BCUT2D eigenvalue weighted by atomic mass is 9.85. The van der Waals surface area contributed by atoms with E-state index in [0.29, 0.717) is 18.4 Å². The number of hydrogen-bond donors (Lipinski definition) is 0. The van der Waals surface area contributed by atoms with Crippen molar-refractivity contribution >= 4 is 11.6 Å². The molecule has 1 aromatic heterocycles. The Kier molecular flexibility index (Phi) is 5.08. The summed E-state index contributed by atoms with van der Waals surface area (Å²) in [4.78, 5) is 6.55. The maximum Gasteiger partial charge on any atom is 0.136 e. The molecule has 0 N–H and O–H groups in total. The normalized spacial score (nSPS) is 21.5. The second-order valence-corrected chi connectivity index (χ2v) is 6.05. The Balaban J connectivity index is 1.92. The first-order valence-electron chi connectivity index (χ1n) is 7.68. The quantitative estimate of drug-likeness (QED) is 0.619. The summed E-state index contributed by atoms with van der Waals surface area (Å²) in [6.07, 6.45) is 4.66. The van der Waals surface area contributed by atoms with Crippen molar-refractivity contribution in [1.29, 1.82) is 0 Å². The number of fused-ring (bicyclic) bond motifs is 1. The van der Waals surface area contributed by atoms with E-state index in [-0.39, 0.29) is 6.23 Å². The van der Waals surface area contributed by atoms with Crippen LogP contribution in [0.1, 0.15) is 35.3 Å². The average molecular weight is 317 g/mol. The molecule has 3 nitrogen and oxygen atoms in total. The summed E-state index contributed by atoms with van der Waals surface area (Å²) in [7, 11) is 2.12. The molecule has 116 valence electrons. The molecule has 1 aromatic carbocycles. The SMILES string of the molecule is CN1CC(c2cccnc2)c2ccccc2C1OCCCCl. The van der Waals surface area contributed by atoms with Gasteiger partial charge in [0.1, 0.15) is 6.23 Å². The Morgan fingerprint density at radius 1 is 1.23 bits per heavy atom. The van der Waals surface area contributed by atoms with Crippen molar-refractivity contribution in [3.05, 3.63) is 65.5 Å². The highest BCUT2D eigenvalue weighted by atomic mass is 35.5. The first kappa shape index (κ1) is 15.5. The number of rotatable bonds is 5. The summed E-state index contributed by atoms with van der Waals surface area (Å²) >= 11 is 5.76. The van der Waals surface area contributed by atoms with Gasteiger partial charge in [-0.05, 0) is 36.2 Å². The van der Waals surface area contributed by atoms with Crippen LogP contribution >= 0.6 is 11.6 Å². The Morgan fingerprint density at radius 2 is 2.05 bits per heavy atom. The van der Waals surface area contributed by atoms with Crippen molar-refractivity contribution in [2.45, 2.75) is 18.6 Å². The smallest absolute Gasteiger partial charge is 0.136 e. The molecule has 4 heteroatoms. The molecule has 0 spiro atoms. The Bertz CT molecular complexity index is 605. The first-order valence-corrected chi connectivity index (χ1v) is 8.21. The molecule has 0 fully saturated rings. The lowest BCUT2D eigenvalue weighted by Gasteiger charge is -2.39. The number of pyridine rings is 1. The van der Waals surface area contributed by atoms with Crippen molar-refractivity contribution < 1.29 is 4.74 Å². The minimum absolute atomic E-state index is 0.00679. The second-order valence-electron chi connectivity index (χ2n) is 5.67. The third-order valence-electron chi connectivity index (χ3n) is 4.15. The summed E-state index contributed by atoms with van der Waals surface area (Å²) < 4.78 is 6.07. The predicted molar refractivity (Wildman–Crippen MR) is 89.2 cm³/mol. The van der Waals surface area contributed by atoms with Crippen LogP contribution in [0, 0.1) is 0 Å². The molecule has 2 atom stereocenters.